The molecule has 0 unspecified atom stereocenters. The molecule has 0 aromatic heterocycles. The average molecular weight is 503 g/mol. The number of esters is 1. The molecular weight excluding hydrogens is 476 g/mol. The molecule has 8 heteroatoms. The fraction of sp³-hybridized carbons (Fsp3) is 0.321. The van der Waals surface area contributed by atoms with Gasteiger partial charge in [-0.15, -0.1) is 0 Å². The second-order valence-electron chi connectivity index (χ2n) is 8.61. The first-order valence-corrected chi connectivity index (χ1v) is 11.8. The number of methoxy groups -OCH3 is 1. The van der Waals surface area contributed by atoms with E-state index in [2.05, 4.69) is 0 Å². The van der Waals surface area contributed by atoms with Crippen molar-refractivity contribution in [1.29, 1.82) is 0 Å². The van der Waals surface area contributed by atoms with Crippen LogP contribution < -0.4 is 9.47 Å². The molecule has 0 spiro atoms. The molecule has 1 aliphatic carbocycles. The summed E-state index contributed by atoms with van der Waals surface area (Å²) in [5.74, 6) is -5.15. The summed E-state index contributed by atoms with van der Waals surface area (Å²) in [4.78, 5) is 12.6. The number of carbonyl (C=O) groups is 1. The van der Waals surface area contributed by atoms with Crippen molar-refractivity contribution < 1.29 is 36.6 Å². The minimum absolute atomic E-state index is 0.0109. The summed E-state index contributed by atoms with van der Waals surface area (Å²) in [7, 11) is 1.50. The Labute approximate surface area is 206 Å². The van der Waals surface area contributed by atoms with Crippen LogP contribution in [0.2, 0.25) is 0 Å². The molecule has 0 atom stereocenters. The van der Waals surface area contributed by atoms with Crippen molar-refractivity contribution in [1.82, 2.24) is 0 Å². The molecule has 0 amide bonds. The van der Waals surface area contributed by atoms with Crippen molar-refractivity contribution in [2.45, 2.75) is 44.6 Å². The Bertz CT molecular complexity index is 1240. The van der Waals surface area contributed by atoms with Gasteiger partial charge < -0.3 is 14.2 Å². The minimum Gasteiger partial charge on any atom is -0.497 e. The van der Waals surface area contributed by atoms with Crippen LogP contribution in [-0.2, 0) is 4.74 Å². The van der Waals surface area contributed by atoms with Crippen LogP contribution in [0.3, 0.4) is 0 Å². The van der Waals surface area contributed by atoms with E-state index in [4.69, 9.17) is 14.2 Å². The third-order valence-corrected chi connectivity index (χ3v) is 6.47. The molecule has 1 aliphatic rings. The zero-order valence-corrected chi connectivity index (χ0v) is 20.0. The van der Waals surface area contributed by atoms with Crippen LogP contribution in [0, 0.1) is 23.3 Å². The first-order chi connectivity index (χ1) is 17.3. The summed E-state index contributed by atoms with van der Waals surface area (Å²) in [6.45, 7) is 1.91. The van der Waals surface area contributed by atoms with Crippen LogP contribution in [0.1, 0.15) is 54.4 Å². The Morgan fingerprint density at radius 2 is 1.53 bits per heavy atom. The lowest BCUT2D eigenvalue weighted by Crippen LogP contribution is -2.25. The van der Waals surface area contributed by atoms with E-state index in [1.165, 1.54) is 31.4 Å². The zero-order valence-electron chi connectivity index (χ0n) is 20.0. The second-order valence-corrected chi connectivity index (χ2v) is 8.61. The zero-order chi connectivity index (χ0) is 25.8. The summed E-state index contributed by atoms with van der Waals surface area (Å²) >= 11 is 0. The monoisotopic (exact) mass is 502 g/mol. The van der Waals surface area contributed by atoms with Gasteiger partial charge in [0.25, 0.3) is 0 Å². The summed E-state index contributed by atoms with van der Waals surface area (Å²) in [6.07, 6.45) is 1.15. The van der Waals surface area contributed by atoms with E-state index >= 15 is 0 Å². The standard InChI is InChI=1S/C28H26F4O4/c1-3-35-23-15-14-21(25(30)27(23)32)17-6-10-19(11-7-17)36-28(33)22-13-12-20(24(29)26(22)31)16-4-8-18(34-2)9-5-16/h4-5,8-9,12-15,17,19H,3,6-7,10-11H2,1-2H3. The highest BCUT2D eigenvalue weighted by Gasteiger charge is 2.30. The first kappa shape index (κ1) is 25.5. The van der Waals surface area contributed by atoms with Gasteiger partial charge in [-0.1, -0.05) is 24.3 Å². The molecule has 0 aliphatic heterocycles. The van der Waals surface area contributed by atoms with E-state index in [-0.39, 0.29) is 29.4 Å². The smallest absolute Gasteiger partial charge is 0.341 e. The molecule has 3 aromatic carbocycles. The van der Waals surface area contributed by atoms with Gasteiger partial charge in [-0.3, -0.25) is 0 Å². The Kier molecular flexibility index (Phi) is 7.82. The highest BCUT2D eigenvalue weighted by Crippen LogP contribution is 2.38. The van der Waals surface area contributed by atoms with Gasteiger partial charge in [0, 0.05) is 5.56 Å². The summed E-state index contributed by atoms with van der Waals surface area (Å²) in [5, 5.41) is 0. The van der Waals surface area contributed by atoms with Gasteiger partial charge in [0.2, 0.25) is 5.82 Å². The summed E-state index contributed by atoms with van der Waals surface area (Å²) in [6, 6.07) is 11.9. The molecule has 1 fully saturated rings. The van der Waals surface area contributed by atoms with Gasteiger partial charge in [0.05, 0.1) is 19.3 Å². The SMILES string of the molecule is CCOc1ccc(C2CCC(OC(=O)c3ccc(-c4ccc(OC)cc4)c(F)c3F)CC2)c(F)c1F. The Hall–Kier alpha value is -3.55. The quantitative estimate of drug-likeness (QED) is 0.253. The van der Waals surface area contributed by atoms with Gasteiger partial charge in [-0.2, -0.15) is 4.39 Å². The predicted octanol–water partition coefficient (Wildman–Crippen LogP) is 7.20. The number of rotatable bonds is 7. The largest absolute Gasteiger partial charge is 0.497 e. The molecule has 3 aromatic rings. The van der Waals surface area contributed by atoms with E-state index in [9.17, 15) is 22.4 Å². The molecule has 0 radical (unpaired) electrons. The van der Waals surface area contributed by atoms with E-state index in [1.807, 2.05) is 0 Å². The van der Waals surface area contributed by atoms with Crippen molar-refractivity contribution in [3.05, 3.63) is 82.9 Å². The van der Waals surface area contributed by atoms with E-state index < -0.39 is 40.9 Å². The Balaban J connectivity index is 1.41. The van der Waals surface area contributed by atoms with E-state index in [0.717, 1.165) is 0 Å². The lowest BCUT2D eigenvalue weighted by atomic mass is 9.82. The minimum atomic E-state index is -1.28. The van der Waals surface area contributed by atoms with Gasteiger partial charge in [0.15, 0.2) is 23.2 Å². The van der Waals surface area contributed by atoms with Crippen molar-refractivity contribution >= 4 is 5.97 Å². The van der Waals surface area contributed by atoms with Gasteiger partial charge >= 0.3 is 5.97 Å². The maximum atomic E-state index is 14.8. The van der Waals surface area contributed by atoms with Crippen LogP contribution in [-0.4, -0.2) is 25.8 Å². The number of benzene rings is 3. The van der Waals surface area contributed by atoms with E-state index in [0.29, 0.717) is 37.0 Å². The molecule has 1 saturated carbocycles. The highest BCUT2D eigenvalue weighted by atomic mass is 19.2. The molecule has 36 heavy (non-hydrogen) atoms. The first-order valence-electron chi connectivity index (χ1n) is 11.8. The van der Waals surface area contributed by atoms with Gasteiger partial charge in [0.1, 0.15) is 11.9 Å². The van der Waals surface area contributed by atoms with Crippen LogP contribution in [0.15, 0.2) is 48.5 Å². The average Bonchev–Trinajstić information content (AvgIpc) is 2.89. The number of carbonyl (C=O) groups excluding carboxylic acids is 1. The van der Waals surface area contributed by atoms with Crippen molar-refractivity contribution in [2.24, 2.45) is 0 Å². The van der Waals surface area contributed by atoms with Crippen LogP contribution >= 0.6 is 0 Å². The maximum Gasteiger partial charge on any atom is 0.341 e. The number of ether oxygens (including phenoxy) is 3. The molecule has 4 nitrogen and oxygen atoms in total. The lowest BCUT2D eigenvalue weighted by molar-refractivity contribution is 0.0188. The molecule has 4 rings (SSSR count). The number of hydrogen-bond donors (Lipinski definition) is 0. The number of halogens is 4. The topological polar surface area (TPSA) is 44.8 Å². The normalized spacial score (nSPS) is 17.5. The highest BCUT2D eigenvalue weighted by molar-refractivity contribution is 5.90. The number of hydrogen-bond acceptors (Lipinski definition) is 4. The van der Waals surface area contributed by atoms with Gasteiger partial charge in [-0.25, -0.2) is 18.0 Å². The van der Waals surface area contributed by atoms with Crippen molar-refractivity contribution in [3.8, 4) is 22.6 Å². The molecule has 0 heterocycles. The molecule has 190 valence electrons. The Morgan fingerprint density at radius 3 is 2.17 bits per heavy atom. The third-order valence-electron chi connectivity index (χ3n) is 6.47. The lowest BCUT2D eigenvalue weighted by Gasteiger charge is -2.29. The maximum absolute atomic E-state index is 14.8. The summed E-state index contributed by atoms with van der Waals surface area (Å²) < 4.78 is 73.9. The van der Waals surface area contributed by atoms with Crippen LogP contribution in [0.4, 0.5) is 17.6 Å². The molecule has 0 saturated heterocycles. The predicted molar refractivity (Wildman–Crippen MR) is 126 cm³/mol. The van der Waals surface area contributed by atoms with Crippen LogP contribution in [0.5, 0.6) is 11.5 Å². The molecular formula is C28H26F4O4. The fourth-order valence-electron chi connectivity index (χ4n) is 4.54. The third kappa shape index (κ3) is 5.17. The van der Waals surface area contributed by atoms with Crippen LogP contribution in [0.25, 0.3) is 11.1 Å². The molecule has 0 bridgehead atoms. The second kappa shape index (κ2) is 11.0. The van der Waals surface area contributed by atoms with Gasteiger partial charge in [-0.05, 0) is 73.9 Å². The molecule has 0 N–H and O–H groups in total. The summed E-state index contributed by atoms with van der Waals surface area (Å²) in [5.41, 5.74) is 0.203. The van der Waals surface area contributed by atoms with Crippen molar-refractivity contribution in [3.63, 3.8) is 0 Å². The van der Waals surface area contributed by atoms with Crippen molar-refractivity contribution in [2.75, 3.05) is 13.7 Å². The Morgan fingerprint density at radius 1 is 0.833 bits per heavy atom. The van der Waals surface area contributed by atoms with E-state index in [1.54, 1.807) is 31.2 Å². The fourth-order valence-corrected chi connectivity index (χ4v) is 4.54.